The number of carbonyl (C=O) groups excluding carboxylic acids is 1. The van der Waals surface area contributed by atoms with Crippen LogP contribution in [0.1, 0.15) is 10.5 Å². The van der Waals surface area contributed by atoms with E-state index in [-0.39, 0.29) is 5.69 Å². The van der Waals surface area contributed by atoms with Crippen LogP contribution < -0.4 is 0 Å². The van der Waals surface area contributed by atoms with Crippen LogP contribution in [-0.4, -0.2) is 14.7 Å². The van der Waals surface area contributed by atoms with Crippen molar-refractivity contribution in [3.63, 3.8) is 0 Å². The molecular weight excluding hydrogens is 144 g/mol. The molecule has 0 aromatic carbocycles. The average Bonchev–Trinajstić information content (AvgIpc) is 2.12. The van der Waals surface area contributed by atoms with Gasteiger partial charge < -0.3 is 0 Å². The lowest BCUT2D eigenvalue weighted by Crippen LogP contribution is -1.86. The number of aromatic nitrogens is 2. The topological polar surface area (TPSA) is 42.9 Å². The Morgan fingerprint density at radius 2 is 2.62 bits per heavy atom. The van der Waals surface area contributed by atoms with Crippen LogP contribution in [0, 0.1) is 0 Å². The van der Waals surface area contributed by atoms with E-state index in [2.05, 4.69) is 22.2 Å². The Kier molecular flexibility index (Phi) is 1.50. The first-order valence-corrected chi connectivity index (χ1v) is 3.03. The maximum absolute atomic E-state index is 10.2. The van der Waals surface area contributed by atoms with E-state index in [1.807, 2.05) is 0 Å². The predicted molar refractivity (Wildman–Crippen MR) is 31.8 cm³/mol. The van der Waals surface area contributed by atoms with Crippen molar-refractivity contribution in [2.75, 3.05) is 0 Å². The Balaban J connectivity index is 2.93. The fraction of sp³-hybridized carbons (Fsp3) is 0. The van der Waals surface area contributed by atoms with E-state index in [9.17, 15) is 4.79 Å². The summed E-state index contributed by atoms with van der Waals surface area (Å²) in [5, 5.41) is 4.51. The van der Waals surface area contributed by atoms with Gasteiger partial charge in [0, 0.05) is 5.38 Å². The van der Waals surface area contributed by atoms with E-state index in [1.165, 1.54) is 5.38 Å². The molecular formula is C3HN2OS2. The first-order valence-electron chi connectivity index (χ1n) is 1.79. The van der Waals surface area contributed by atoms with Crippen molar-refractivity contribution in [3.05, 3.63) is 11.1 Å². The monoisotopic (exact) mass is 145 g/mol. The minimum absolute atomic E-state index is 0.269. The van der Waals surface area contributed by atoms with E-state index in [1.54, 1.807) is 0 Å². The summed E-state index contributed by atoms with van der Waals surface area (Å²) < 4.78 is 3.45. The van der Waals surface area contributed by atoms with E-state index < -0.39 is 5.12 Å². The lowest BCUT2D eigenvalue weighted by atomic mass is 10.6. The molecule has 0 N–H and O–H groups in total. The lowest BCUT2D eigenvalue weighted by Gasteiger charge is -1.73. The van der Waals surface area contributed by atoms with Gasteiger partial charge in [-0.2, -0.15) is 0 Å². The maximum Gasteiger partial charge on any atom is 0.270 e. The zero-order valence-electron chi connectivity index (χ0n) is 3.70. The van der Waals surface area contributed by atoms with Crippen LogP contribution in [0.2, 0.25) is 0 Å². The van der Waals surface area contributed by atoms with Gasteiger partial charge in [0.25, 0.3) is 5.12 Å². The number of hydrogen-bond acceptors (Lipinski definition) is 4. The fourth-order valence-corrected chi connectivity index (χ4v) is 0.864. The Morgan fingerprint density at radius 3 is 2.88 bits per heavy atom. The Bertz CT molecular complexity index is 183. The molecule has 1 aromatic heterocycles. The predicted octanol–water partition coefficient (Wildman–Crippen LogP) is 0.876. The van der Waals surface area contributed by atoms with Gasteiger partial charge in [0.15, 0.2) is 5.69 Å². The highest BCUT2D eigenvalue weighted by atomic mass is 32.1. The van der Waals surface area contributed by atoms with E-state index >= 15 is 0 Å². The molecule has 1 rings (SSSR count). The molecule has 0 aliphatic heterocycles. The van der Waals surface area contributed by atoms with Crippen molar-refractivity contribution in [3.8, 4) is 0 Å². The summed E-state index contributed by atoms with van der Waals surface area (Å²) in [4.78, 5) is 10.2. The van der Waals surface area contributed by atoms with Crippen molar-refractivity contribution >= 4 is 29.3 Å². The van der Waals surface area contributed by atoms with Crippen molar-refractivity contribution in [2.24, 2.45) is 0 Å². The lowest BCUT2D eigenvalue weighted by molar-refractivity contribution is 0.108. The van der Waals surface area contributed by atoms with Gasteiger partial charge in [0.1, 0.15) is 0 Å². The molecule has 1 aromatic rings. The van der Waals surface area contributed by atoms with Crippen molar-refractivity contribution < 1.29 is 4.79 Å². The Morgan fingerprint density at radius 1 is 1.88 bits per heavy atom. The van der Waals surface area contributed by atoms with Crippen LogP contribution in [-0.2, 0) is 0 Å². The number of hydrogen-bond donors (Lipinski definition) is 0. The quantitative estimate of drug-likeness (QED) is 0.589. The van der Waals surface area contributed by atoms with Crippen LogP contribution in [0.3, 0.4) is 0 Å². The van der Waals surface area contributed by atoms with E-state index in [4.69, 9.17) is 0 Å². The fourth-order valence-electron chi connectivity index (χ4n) is 0.254. The van der Waals surface area contributed by atoms with Crippen LogP contribution in [0.5, 0.6) is 0 Å². The third kappa shape index (κ3) is 0.988. The molecule has 0 saturated carbocycles. The summed E-state index contributed by atoms with van der Waals surface area (Å²) in [5.74, 6) is 0. The molecule has 0 fully saturated rings. The summed E-state index contributed by atoms with van der Waals surface area (Å²) >= 11 is 5.38. The molecule has 5 heteroatoms. The summed E-state index contributed by atoms with van der Waals surface area (Å²) in [5.41, 5.74) is 0.269. The molecule has 0 spiro atoms. The van der Waals surface area contributed by atoms with E-state index in [0.29, 0.717) is 0 Å². The number of rotatable bonds is 1. The molecule has 8 heavy (non-hydrogen) atoms. The Hall–Kier alpha value is -0.550. The smallest absolute Gasteiger partial charge is 0.270 e. The second-order valence-corrected chi connectivity index (χ2v) is 2.06. The van der Waals surface area contributed by atoms with Crippen LogP contribution in [0.25, 0.3) is 0 Å². The van der Waals surface area contributed by atoms with Gasteiger partial charge in [-0.3, -0.25) is 4.79 Å². The molecule has 3 nitrogen and oxygen atoms in total. The van der Waals surface area contributed by atoms with Crippen LogP contribution >= 0.6 is 24.2 Å². The largest absolute Gasteiger partial charge is 0.274 e. The zero-order chi connectivity index (χ0) is 5.98. The normalized spacial score (nSPS) is 9.00. The van der Waals surface area contributed by atoms with Gasteiger partial charge in [-0.05, 0) is 24.2 Å². The van der Waals surface area contributed by atoms with Crippen molar-refractivity contribution in [1.82, 2.24) is 9.59 Å². The summed E-state index contributed by atoms with van der Waals surface area (Å²) in [7, 11) is 0. The summed E-state index contributed by atoms with van der Waals surface area (Å²) in [6.07, 6.45) is 0. The van der Waals surface area contributed by atoms with Gasteiger partial charge in [0.05, 0.1) is 0 Å². The summed E-state index contributed by atoms with van der Waals surface area (Å²) in [6, 6.07) is 0. The molecule has 0 aliphatic carbocycles. The molecule has 1 radical (unpaired) electrons. The van der Waals surface area contributed by atoms with Crippen LogP contribution in [0.4, 0.5) is 0 Å². The zero-order valence-corrected chi connectivity index (χ0v) is 5.33. The van der Waals surface area contributed by atoms with E-state index in [0.717, 1.165) is 11.5 Å². The molecule has 1 heterocycles. The van der Waals surface area contributed by atoms with Gasteiger partial charge in [0.2, 0.25) is 0 Å². The first-order chi connectivity index (χ1) is 3.80. The molecule has 0 atom stereocenters. The average molecular weight is 145 g/mol. The molecule has 0 saturated heterocycles. The first kappa shape index (κ1) is 5.58. The van der Waals surface area contributed by atoms with Crippen LogP contribution in [0.15, 0.2) is 5.38 Å². The van der Waals surface area contributed by atoms with Gasteiger partial charge in [-0.25, -0.2) is 0 Å². The van der Waals surface area contributed by atoms with Gasteiger partial charge in [-0.1, -0.05) is 4.49 Å². The number of carbonyl (C=O) groups is 1. The highest BCUT2D eigenvalue weighted by molar-refractivity contribution is 7.97. The standard InChI is InChI=1S/C3HN2OS2/c6-3(7)2-1-8-5-4-2/h1H. The third-order valence-electron chi connectivity index (χ3n) is 0.569. The maximum atomic E-state index is 10.2. The molecule has 0 bridgehead atoms. The second kappa shape index (κ2) is 2.15. The molecule has 0 aliphatic rings. The highest BCUT2D eigenvalue weighted by Crippen LogP contribution is 1.99. The third-order valence-corrected chi connectivity index (χ3v) is 1.28. The molecule has 0 unspecified atom stereocenters. The molecule has 0 amide bonds. The second-order valence-electron chi connectivity index (χ2n) is 1.08. The Labute approximate surface area is 55.3 Å². The number of nitrogens with zero attached hydrogens (tertiary/aromatic N) is 2. The highest BCUT2D eigenvalue weighted by Gasteiger charge is 2.01. The SMILES string of the molecule is O=C([S])c1csnn1. The van der Waals surface area contributed by atoms with Crippen molar-refractivity contribution in [2.45, 2.75) is 0 Å². The minimum atomic E-state index is -0.446. The van der Waals surface area contributed by atoms with Gasteiger partial charge >= 0.3 is 0 Å². The summed E-state index contributed by atoms with van der Waals surface area (Å²) in [6.45, 7) is 0. The van der Waals surface area contributed by atoms with Gasteiger partial charge in [-0.15, -0.1) is 5.10 Å². The minimum Gasteiger partial charge on any atom is -0.274 e. The van der Waals surface area contributed by atoms with Crippen molar-refractivity contribution in [1.29, 1.82) is 0 Å². The molecule has 41 valence electrons.